The molecule has 1 aromatic heterocycles. The largest absolute Gasteiger partial charge is 0.352 e. The highest BCUT2D eigenvalue weighted by Gasteiger charge is 2.25. The molecule has 2 aromatic carbocycles. The van der Waals surface area contributed by atoms with Gasteiger partial charge >= 0.3 is 0 Å². The van der Waals surface area contributed by atoms with Crippen molar-refractivity contribution in [1.29, 1.82) is 0 Å². The Morgan fingerprint density at radius 2 is 1.90 bits per heavy atom. The minimum atomic E-state index is -0.0199. The van der Waals surface area contributed by atoms with Gasteiger partial charge in [0.2, 0.25) is 5.95 Å². The molecule has 0 saturated carbocycles. The number of aromatic nitrogens is 2. The summed E-state index contributed by atoms with van der Waals surface area (Å²) in [6, 6.07) is 16.0. The maximum Gasteiger partial charge on any atom is 0.259 e. The molecule has 0 atom stereocenters. The van der Waals surface area contributed by atoms with E-state index in [9.17, 15) is 4.79 Å². The van der Waals surface area contributed by atoms with Crippen molar-refractivity contribution < 1.29 is 4.79 Å². The Morgan fingerprint density at radius 1 is 1.13 bits per heavy atom. The molecule has 1 aliphatic rings. The second kappa shape index (κ2) is 9.22. The summed E-state index contributed by atoms with van der Waals surface area (Å²) < 4.78 is 0. The van der Waals surface area contributed by atoms with Gasteiger partial charge in [-0.05, 0) is 74.7 Å². The minimum absolute atomic E-state index is 0.0199. The van der Waals surface area contributed by atoms with Gasteiger partial charge in [0.1, 0.15) is 5.82 Å². The number of carbonyl (C=O) groups excluding carboxylic acids is 1. The fraction of sp³-hybridized carbons (Fsp3) is 0.375. The number of amides is 1. The van der Waals surface area contributed by atoms with Gasteiger partial charge in [-0.2, -0.15) is 4.98 Å². The summed E-state index contributed by atoms with van der Waals surface area (Å²) in [6.07, 6.45) is 3.84. The van der Waals surface area contributed by atoms with Crippen molar-refractivity contribution in [3.63, 3.8) is 0 Å². The number of carbonyl (C=O) groups is 1. The number of anilines is 2. The Labute approximate surface area is 177 Å². The lowest BCUT2D eigenvalue weighted by atomic mass is 9.97. The van der Waals surface area contributed by atoms with Crippen LogP contribution in [0.2, 0.25) is 0 Å². The molecule has 3 aromatic rings. The number of nitrogens with one attached hydrogen (secondary N) is 2. The normalized spacial score (nSPS) is 14.8. The van der Waals surface area contributed by atoms with E-state index in [1.54, 1.807) is 6.20 Å². The summed E-state index contributed by atoms with van der Waals surface area (Å²) in [5.41, 5.74) is 0.680. The lowest BCUT2D eigenvalue weighted by molar-refractivity contribution is 0.0980. The molecule has 2 N–H and O–H groups in total. The summed E-state index contributed by atoms with van der Waals surface area (Å²) in [7, 11) is 0. The highest BCUT2D eigenvalue weighted by atomic mass is 16.2. The minimum Gasteiger partial charge on any atom is -0.352 e. The number of fused-ring (bicyclic) bond motifs is 1. The second-order valence-corrected chi connectivity index (χ2v) is 8.21. The fourth-order valence-electron chi connectivity index (χ4n) is 3.91. The van der Waals surface area contributed by atoms with Crippen molar-refractivity contribution in [2.45, 2.75) is 32.7 Å². The molecule has 0 aliphatic carbocycles. The summed E-state index contributed by atoms with van der Waals surface area (Å²) in [5.74, 6) is 1.62. The van der Waals surface area contributed by atoms with Crippen LogP contribution in [0, 0.1) is 5.92 Å². The fourth-order valence-corrected chi connectivity index (χ4v) is 3.91. The Bertz CT molecular complexity index is 1010. The number of hydrogen-bond donors (Lipinski definition) is 2. The molecule has 0 radical (unpaired) electrons. The van der Waals surface area contributed by atoms with E-state index in [0.717, 1.165) is 36.7 Å². The van der Waals surface area contributed by atoms with E-state index in [1.807, 2.05) is 61.2 Å². The number of piperidine rings is 1. The third kappa shape index (κ3) is 4.76. The molecular weight excluding hydrogens is 374 g/mol. The van der Waals surface area contributed by atoms with E-state index in [1.165, 1.54) is 0 Å². The standard InChI is InChI=1S/C24H29N5O/c1-17(2)27-24-26-14-11-22(28-24)29(16-18-9-12-25-13-10-18)23(30)21-8-7-19-5-3-4-6-20(19)15-21/h3-8,11,14-15,17-18,25H,9-10,12-13,16H2,1-2H3,(H,26,27,28). The van der Waals surface area contributed by atoms with Crippen LogP contribution in [0.4, 0.5) is 11.8 Å². The Morgan fingerprint density at radius 3 is 2.67 bits per heavy atom. The summed E-state index contributed by atoms with van der Waals surface area (Å²) in [5, 5.41) is 8.83. The summed E-state index contributed by atoms with van der Waals surface area (Å²) in [4.78, 5) is 24.4. The first-order valence-corrected chi connectivity index (χ1v) is 10.7. The van der Waals surface area contributed by atoms with Crippen LogP contribution >= 0.6 is 0 Å². The predicted octanol–water partition coefficient (Wildman–Crippen LogP) is 4.10. The first kappa shape index (κ1) is 20.3. The zero-order chi connectivity index (χ0) is 20.9. The first-order valence-electron chi connectivity index (χ1n) is 10.7. The van der Waals surface area contributed by atoms with Crippen molar-refractivity contribution in [3.05, 3.63) is 60.3 Å². The van der Waals surface area contributed by atoms with Crippen LogP contribution in [-0.2, 0) is 0 Å². The smallest absolute Gasteiger partial charge is 0.259 e. The van der Waals surface area contributed by atoms with Crippen LogP contribution in [0.25, 0.3) is 10.8 Å². The van der Waals surface area contributed by atoms with Crippen molar-refractivity contribution in [1.82, 2.24) is 15.3 Å². The predicted molar refractivity (Wildman–Crippen MR) is 122 cm³/mol. The van der Waals surface area contributed by atoms with E-state index in [4.69, 9.17) is 0 Å². The quantitative estimate of drug-likeness (QED) is 0.649. The van der Waals surface area contributed by atoms with E-state index < -0.39 is 0 Å². The molecule has 2 heterocycles. The zero-order valence-corrected chi connectivity index (χ0v) is 17.6. The average molecular weight is 404 g/mol. The molecule has 6 nitrogen and oxygen atoms in total. The molecule has 30 heavy (non-hydrogen) atoms. The molecule has 4 rings (SSSR count). The van der Waals surface area contributed by atoms with E-state index in [0.29, 0.717) is 29.8 Å². The molecule has 1 fully saturated rings. The highest BCUT2D eigenvalue weighted by molar-refractivity contribution is 6.07. The Hall–Kier alpha value is -2.99. The first-order chi connectivity index (χ1) is 14.6. The zero-order valence-electron chi connectivity index (χ0n) is 17.6. The van der Waals surface area contributed by atoms with Crippen LogP contribution in [0.3, 0.4) is 0 Å². The van der Waals surface area contributed by atoms with E-state index in [2.05, 4.69) is 26.7 Å². The Kier molecular flexibility index (Phi) is 6.23. The van der Waals surface area contributed by atoms with E-state index in [-0.39, 0.29) is 11.9 Å². The molecule has 1 amide bonds. The number of rotatable bonds is 6. The van der Waals surface area contributed by atoms with Crippen LogP contribution in [-0.4, -0.2) is 41.6 Å². The third-order valence-corrected chi connectivity index (χ3v) is 5.48. The number of benzene rings is 2. The van der Waals surface area contributed by atoms with Gasteiger partial charge < -0.3 is 10.6 Å². The van der Waals surface area contributed by atoms with Gasteiger partial charge in [-0.3, -0.25) is 9.69 Å². The molecule has 0 bridgehead atoms. The molecule has 1 saturated heterocycles. The van der Waals surface area contributed by atoms with Crippen molar-refractivity contribution in [2.24, 2.45) is 5.92 Å². The van der Waals surface area contributed by atoms with E-state index >= 15 is 0 Å². The average Bonchev–Trinajstić information content (AvgIpc) is 2.77. The van der Waals surface area contributed by atoms with Gasteiger partial charge in [-0.15, -0.1) is 0 Å². The molecular formula is C24H29N5O. The lowest BCUT2D eigenvalue weighted by Crippen LogP contribution is -2.40. The van der Waals surface area contributed by atoms with Crippen LogP contribution in [0.1, 0.15) is 37.0 Å². The molecule has 0 spiro atoms. The molecule has 0 unspecified atom stereocenters. The molecule has 156 valence electrons. The maximum atomic E-state index is 13.6. The van der Waals surface area contributed by atoms with Crippen molar-refractivity contribution in [2.75, 3.05) is 29.9 Å². The SMILES string of the molecule is CC(C)Nc1nccc(N(CC2CCNCC2)C(=O)c2ccc3ccccc3c2)n1. The van der Waals surface area contributed by atoms with Crippen LogP contribution < -0.4 is 15.5 Å². The van der Waals surface area contributed by atoms with Crippen molar-refractivity contribution >= 4 is 28.4 Å². The maximum absolute atomic E-state index is 13.6. The van der Waals surface area contributed by atoms with Crippen LogP contribution in [0.5, 0.6) is 0 Å². The highest BCUT2D eigenvalue weighted by Crippen LogP contribution is 2.23. The van der Waals surface area contributed by atoms with Crippen molar-refractivity contribution in [3.8, 4) is 0 Å². The lowest BCUT2D eigenvalue weighted by Gasteiger charge is -2.30. The molecule has 1 aliphatic heterocycles. The monoisotopic (exact) mass is 403 g/mol. The van der Waals surface area contributed by atoms with Gasteiger partial charge in [-0.25, -0.2) is 4.98 Å². The number of hydrogen-bond acceptors (Lipinski definition) is 5. The second-order valence-electron chi connectivity index (χ2n) is 8.21. The molecule has 6 heteroatoms. The summed E-state index contributed by atoms with van der Waals surface area (Å²) in [6.45, 7) is 6.73. The van der Waals surface area contributed by atoms with Gasteiger partial charge in [0.25, 0.3) is 5.91 Å². The third-order valence-electron chi connectivity index (χ3n) is 5.48. The van der Waals surface area contributed by atoms with Gasteiger partial charge in [0.15, 0.2) is 0 Å². The summed E-state index contributed by atoms with van der Waals surface area (Å²) >= 11 is 0. The van der Waals surface area contributed by atoms with Gasteiger partial charge in [-0.1, -0.05) is 30.3 Å². The topological polar surface area (TPSA) is 70.2 Å². The van der Waals surface area contributed by atoms with Gasteiger partial charge in [0, 0.05) is 24.3 Å². The van der Waals surface area contributed by atoms with Gasteiger partial charge in [0.05, 0.1) is 0 Å². The van der Waals surface area contributed by atoms with Crippen LogP contribution in [0.15, 0.2) is 54.7 Å². The number of nitrogens with zero attached hydrogens (tertiary/aromatic N) is 3. The Balaban J connectivity index is 1.67.